The van der Waals surface area contributed by atoms with Crippen molar-refractivity contribution in [1.29, 1.82) is 0 Å². The second kappa shape index (κ2) is 5.15. The highest BCUT2D eigenvalue weighted by Crippen LogP contribution is 2.31. The van der Waals surface area contributed by atoms with Crippen LogP contribution in [0.2, 0.25) is 0 Å². The molecule has 0 aliphatic carbocycles. The summed E-state index contributed by atoms with van der Waals surface area (Å²) in [6.07, 6.45) is 0.938. The quantitative estimate of drug-likeness (QED) is 0.401. The van der Waals surface area contributed by atoms with E-state index in [9.17, 15) is 4.79 Å². The average molecular weight is 268 g/mol. The molecule has 1 aromatic carbocycles. The van der Waals surface area contributed by atoms with Crippen molar-refractivity contribution in [3.63, 3.8) is 0 Å². The molecular weight excluding hydrogens is 260 g/mol. The number of benzene rings is 1. The van der Waals surface area contributed by atoms with E-state index in [0.29, 0.717) is 5.52 Å². The van der Waals surface area contributed by atoms with Gasteiger partial charge in [0.15, 0.2) is 6.21 Å². The highest BCUT2D eigenvalue weighted by molar-refractivity contribution is 7.80. The van der Waals surface area contributed by atoms with Crippen LogP contribution in [-0.4, -0.2) is 24.3 Å². The van der Waals surface area contributed by atoms with Gasteiger partial charge in [-0.3, -0.25) is 0 Å². The first-order valence-electron chi connectivity index (χ1n) is 4.57. The summed E-state index contributed by atoms with van der Waals surface area (Å²) >= 11 is 5.54. The van der Waals surface area contributed by atoms with Gasteiger partial charge in [0.1, 0.15) is 7.11 Å². The molecule has 0 bridgehead atoms. The van der Waals surface area contributed by atoms with Gasteiger partial charge in [-0.1, -0.05) is 22.6 Å². The van der Waals surface area contributed by atoms with Crippen molar-refractivity contribution in [2.75, 3.05) is 7.11 Å². The van der Waals surface area contributed by atoms with E-state index in [4.69, 9.17) is 4.74 Å². The third-order valence-electron chi connectivity index (χ3n) is 1.83. The van der Waals surface area contributed by atoms with E-state index in [-0.39, 0.29) is 5.19 Å². The molecule has 0 N–H and O–H groups in total. The highest BCUT2D eigenvalue weighted by atomic mass is 32.1. The van der Waals surface area contributed by atoms with Gasteiger partial charge in [0, 0.05) is 4.90 Å². The first kappa shape index (κ1) is 11.9. The second-order valence-electron chi connectivity index (χ2n) is 2.94. The van der Waals surface area contributed by atoms with Crippen LogP contribution in [0.15, 0.2) is 28.3 Å². The van der Waals surface area contributed by atoms with Crippen LogP contribution >= 0.6 is 24.0 Å². The van der Waals surface area contributed by atoms with Crippen LogP contribution in [0.1, 0.15) is 0 Å². The van der Waals surface area contributed by atoms with E-state index in [1.54, 1.807) is 0 Å². The standard InChI is InChI=1S/C10H8N2O3S2/c1-14-11-5-8(13)15-10-12-9-6(16)3-2-4-7(9)17-10/h2-5,16H,1H3. The number of hydrogen-bond donors (Lipinski definition) is 1. The maximum atomic E-state index is 11.2. The molecule has 17 heavy (non-hydrogen) atoms. The molecule has 0 atom stereocenters. The number of thiazole rings is 1. The normalized spacial score (nSPS) is 10.9. The minimum absolute atomic E-state index is 0.258. The Balaban J connectivity index is 2.23. The molecule has 0 fully saturated rings. The summed E-state index contributed by atoms with van der Waals surface area (Å²) in [6, 6.07) is 5.57. The number of carbonyl (C=O) groups excluding carboxylic acids is 1. The number of fused-ring (bicyclic) bond motifs is 1. The Kier molecular flexibility index (Phi) is 3.60. The van der Waals surface area contributed by atoms with Gasteiger partial charge in [0.05, 0.1) is 10.2 Å². The fourth-order valence-corrected chi connectivity index (χ4v) is 2.35. The minimum Gasteiger partial charge on any atom is -0.399 e. The third-order valence-corrected chi connectivity index (χ3v) is 3.09. The Morgan fingerprint density at radius 1 is 1.59 bits per heavy atom. The summed E-state index contributed by atoms with van der Waals surface area (Å²) < 4.78 is 5.87. The molecule has 2 aromatic rings. The largest absolute Gasteiger partial charge is 0.399 e. The Morgan fingerprint density at radius 2 is 2.41 bits per heavy atom. The van der Waals surface area contributed by atoms with Gasteiger partial charge in [-0.15, -0.1) is 12.6 Å². The molecule has 0 spiro atoms. The molecule has 88 valence electrons. The number of aromatic nitrogens is 1. The van der Waals surface area contributed by atoms with Crippen LogP contribution in [-0.2, 0) is 9.63 Å². The predicted octanol–water partition coefficient (Wildman–Crippen LogP) is 2.12. The number of thiol groups is 1. The van der Waals surface area contributed by atoms with E-state index >= 15 is 0 Å². The fraction of sp³-hybridized carbons (Fsp3) is 0.100. The molecule has 1 aromatic heterocycles. The minimum atomic E-state index is -0.633. The lowest BCUT2D eigenvalue weighted by Crippen LogP contribution is -2.08. The van der Waals surface area contributed by atoms with Gasteiger partial charge in [0.25, 0.3) is 5.19 Å². The van der Waals surface area contributed by atoms with Crippen molar-refractivity contribution in [2.45, 2.75) is 4.90 Å². The van der Waals surface area contributed by atoms with Crippen molar-refractivity contribution in [3.8, 4) is 5.19 Å². The maximum Gasteiger partial charge on any atom is 0.360 e. The lowest BCUT2D eigenvalue weighted by molar-refractivity contribution is -0.126. The van der Waals surface area contributed by atoms with Crippen LogP contribution < -0.4 is 4.74 Å². The Labute approximate surface area is 106 Å². The van der Waals surface area contributed by atoms with Crippen molar-refractivity contribution < 1.29 is 14.4 Å². The summed E-state index contributed by atoms with van der Waals surface area (Å²) in [4.78, 5) is 20.5. The first-order chi connectivity index (χ1) is 8.20. The van der Waals surface area contributed by atoms with Crippen LogP contribution in [0.4, 0.5) is 0 Å². The Bertz CT molecular complexity index is 580. The molecule has 0 unspecified atom stereocenters. The van der Waals surface area contributed by atoms with Crippen molar-refractivity contribution in [3.05, 3.63) is 18.2 Å². The smallest absolute Gasteiger partial charge is 0.360 e. The fourth-order valence-electron chi connectivity index (χ4n) is 1.17. The summed E-state index contributed by atoms with van der Waals surface area (Å²) in [6.45, 7) is 0. The molecule has 2 rings (SSSR count). The van der Waals surface area contributed by atoms with Crippen LogP contribution in [0.5, 0.6) is 5.19 Å². The number of para-hydroxylation sites is 1. The van der Waals surface area contributed by atoms with Gasteiger partial charge in [-0.05, 0) is 12.1 Å². The summed E-state index contributed by atoms with van der Waals surface area (Å²) in [7, 11) is 1.34. The van der Waals surface area contributed by atoms with E-state index in [0.717, 1.165) is 15.8 Å². The predicted molar refractivity (Wildman–Crippen MR) is 68.0 cm³/mol. The van der Waals surface area contributed by atoms with Crippen LogP contribution in [0.25, 0.3) is 10.2 Å². The molecule has 0 saturated heterocycles. The molecular formula is C10H8N2O3S2. The molecule has 0 saturated carbocycles. The van der Waals surface area contributed by atoms with Gasteiger partial charge < -0.3 is 9.57 Å². The lowest BCUT2D eigenvalue weighted by atomic mass is 10.3. The van der Waals surface area contributed by atoms with E-state index in [2.05, 4.69) is 27.6 Å². The summed E-state index contributed by atoms with van der Waals surface area (Å²) in [5.41, 5.74) is 0.715. The first-order valence-corrected chi connectivity index (χ1v) is 5.84. The Morgan fingerprint density at radius 3 is 3.12 bits per heavy atom. The summed E-state index contributed by atoms with van der Waals surface area (Å²) in [5, 5.41) is 3.56. The lowest BCUT2D eigenvalue weighted by Gasteiger charge is -1.92. The average Bonchev–Trinajstić information content (AvgIpc) is 2.70. The second-order valence-corrected chi connectivity index (χ2v) is 4.42. The molecule has 0 aliphatic rings. The number of esters is 1. The van der Waals surface area contributed by atoms with E-state index in [1.165, 1.54) is 18.4 Å². The number of nitrogens with zero attached hydrogens (tertiary/aromatic N) is 2. The van der Waals surface area contributed by atoms with Crippen molar-refractivity contribution in [2.24, 2.45) is 5.16 Å². The van der Waals surface area contributed by atoms with Gasteiger partial charge in [-0.25, -0.2) is 9.78 Å². The van der Waals surface area contributed by atoms with Crippen LogP contribution in [0, 0.1) is 0 Å². The molecule has 0 amide bonds. The van der Waals surface area contributed by atoms with Gasteiger partial charge >= 0.3 is 5.97 Å². The van der Waals surface area contributed by atoms with Crippen molar-refractivity contribution >= 4 is 46.4 Å². The number of hydrogen-bond acceptors (Lipinski definition) is 7. The zero-order valence-electron chi connectivity index (χ0n) is 8.78. The SMILES string of the molecule is CON=CC(=O)Oc1nc2c(S)cccc2s1. The van der Waals surface area contributed by atoms with Crippen molar-refractivity contribution in [1.82, 2.24) is 4.98 Å². The molecule has 5 nitrogen and oxygen atoms in total. The van der Waals surface area contributed by atoms with E-state index < -0.39 is 5.97 Å². The zero-order chi connectivity index (χ0) is 12.3. The number of rotatable bonds is 3. The number of ether oxygens (including phenoxy) is 1. The molecule has 0 radical (unpaired) electrons. The third kappa shape index (κ3) is 2.75. The zero-order valence-corrected chi connectivity index (χ0v) is 10.5. The number of carbonyl (C=O) groups is 1. The van der Waals surface area contributed by atoms with Gasteiger partial charge in [0.2, 0.25) is 0 Å². The Hall–Kier alpha value is -1.60. The maximum absolute atomic E-state index is 11.2. The monoisotopic (exact) mass is 268 g/mol. The topological polar surface area (TPSA) is 60.8 Å². The number of oxime groups is 1. The molecule has 7 heteroatoms. The van der Waals surface area contributed by atoms with E-state index in [1.807, 2.05) is 18.2 Å². The van der Waals surface area contributed by atoms with Crippen LogP contribution in [0.3, 0.4) is 0 Å². The van der Waals surface area contributed by atoms with Gasteiger partial charge in [-0.2, -0.15) is 0 Å². The molecule has 1 heterocycles. The molecule has 0 aliphatic heterocycles. The summed E-state index contributed by atoms with van der Waals surface area (Å²) in [5.74, 6) is -0.633. The highest BCUT2D eigenvalue weighted by Gasteiger charge is 2.10.